The molecule has 2 N–H and O–H groups in total. The van der Waals surface area contributed by atoms with Crippen LogP contribution in [0, 0.1) is 11.6 Å². The lowest BCUT2D eigenvalue weighted by atomic mass is 10.0. The second kappa shape index (κ2) is 10.3. The third kappa shape index (κ3) is 6.19. The molecule has 0 spiro atoms. The number of rotatable bonds is 8. The zero-order chi connectivity index (χ0) is 23.2. The number of ether oxygens (including phenoxy) is 1. The second-order valence-corrected chi connectivity index (χ2v) is 6.60. The van der Waals surface area contributed by atoms with E-state index >= 15 is 0 Å². The number of amides is 1. The number of anilines is 1. The Bertz CT molecular complexity index is 934. The first-order valence-corrected chi connectivity index (χ1v) is 9.60. The molecular weight excluding hydrogens is 419 g/mol. The summed E-state index contributed by atoms with van der Waals surface area (Å²) in [6, 6.07) is 4.57. The third-order valence-electron chi connectivity index (χ3n) is 4.50. The van der Waals surface area contributed by atoms with Crippen molar-refractivity contribution in [2.75, 3.05) is 19.0 Å². The van der Waals surface area contributed by atoms with Gasteiger partial charge in [-0.2, -0.15) is 13.2 Å². The van der Waals surface area contributed by atoms with Gasteiger partial charge in [0.15, 0.2) is 0 Å². The summed E-state index contributed by atoms with van der Waals surface area (Å²) in [6.45, 7) is 3.51. The Balaban J connectivity index is 2.21. The van der Waals surface area contributed by atoms with Gasteiger partial charge in [-0.05, 0) is 49.2 Å². The maximum atomic E-state index is 14.0. The number of carbonyl (C=O) groups is 1. The standard InChI is InChI=1S/C22H23F5N2O2/c1-4-18(14-10-16(23)21(28-3)17(24)11-14)29-20(30)9-7-13-6-8-15(22(25,26)27)12-19(13)31-5-2/h6-12,18,28H,4-5H2,1-3H3,(H,29,30)/b9-7+. The predicted molar refractivity (Wildman–Crippen MR) is 109 cm³/mol. The van der Waals surface area contributed by atoms with Gasteiger partial charge in [0.2, 0.25) is 5.91 Å². The third-order valence-corrected chi connectivity index (χ3v) is 4.50. The summed E-state index contributed by atoms with van der Waals surface area (Å²) in [4.78, 5) is 12.3. The van der Waals surface area contributed by atoms with Crippen LogP contribution in [0.2, 0.25) is 0 Å². The molecule has 0 aliphatic carbocycles. The summed E-state index contributed by atoms with van der Waals surface area (Å²) in [5, 5.41) is 5.06. The van der Waals surface area contributed by atoms with Crippen molar-refractivity contribution in [1.29, 1.82) is 0 Å². The van der Waals surface area contributed by atoms with Crippen LogP contribution >= 0.6 is 0 Å². The molecule has 31 heavy (non-hydrogen) atoms. The van der Waals surface area contributed by atoms with Gasteiger partial charge < -0.3 is 15.4 Å². The first kappa shape index (κ1) is 24.2. The summed E-state index contributed by atoms with van der Waals surface area (Å²) < 4.78 is 72.0. The summed E-state index contributed by atoms with van der Waals surface area (Å²) in [5.41, 5.74) is -0.593. The van der Waals surface area contributed by atoms with E-state index in [0.717, 1.165) is 30.3 Å². The highest BCUT2D eigenvalue weighted by Crippen LogP contribution is 2.33. The van der Waals surface area contributed by atoms with E-state index in [-0.39, 0.29) is 29.2 Å². The minimum absolute atomic E-state index is 0.0137. The van der Waals surface area contributed by atoms with Crippen LogP contribution in [0.5, 0.6) is 5.75 Å². The Morgan fingerprint density at radius 2 is 1.77 bits per heavy atom. The van der Waals surface area contributed by atoms with Crippen LogP contribution in [0.15, 0.2) is 36.4 Å². The maximum Gasteiger partial charge on any atom is 0.416 e. The Morgan fingerprint density at radius 1 is 1.13 bits per heavy atom. The zero-order valence-electron chi connectivity index (χ0n) is 17.2. The summed E-state index contributed by atoms with van der Waals surface area (Å²) in [7, 11) is 1.39. The predicted octanol–water partition coefficient (Wildman–Crippen LogP) is 5.70. The number of hydrogen-bond acceptors (Lipinski definition) is 3. The van der Waals surface area contributed by atoms with E-state index in [0.29, 0.717) is 6.42 Å². The smallest absolute Gasteiger partial charge is 0.416 e. The van der Waals surface area contributed by atoms with E-state index in [1.165, 1.54) is 19.2 Å². The normalized spacial score (nSPS) is 12.6. The quantitative estimate of drug-likeness (QED) is 0.407. The van der Waals surface area contributed by atoms with Crippen molar-refractivity contribution in [2.24, 2.45) is 0 Å². The molecule has 1 amide bonds. The number of hydrogen-bond donors (Lipinski definition) is 2. The van der Waals surface area contributed by atoms with Gasteiger partial charge in [0.25, 0.3) is 0 Å². The van der Waals surface area contributed by atoms with Crippen LogP contribution < -0.4 is 15.4 Å². The summed E-state index contributed by atoms with van der Waals surface area (Å²) >= 11 is 0. The number of nitrogens with one attached hydrogen (secondary N) is 2. The van der Waals surface area contributed by atoms with Gasteiger partial charge in [0, 0.05) is 18.7 Å². The van der Waals surface area contributed by atoms with Gasteiger partial charge >= 0.3 is 6.18 Å². The molecule has 0 aliphatic rings. The minimum Gasteiger partial charge on any atom is -0.493 e. The maximum absolute atomic E-state index is 14.0. The molecule has 0 fully saturated rings. The fourth-order valence-corrected chi connectivity index (χ4v) is 2.97. The van der Waals surface area contributed by atoms with E-state index in [2.05, 4.69) is 10.6 Å². The van der Waals surface area contributed by atoms with Crippen molar-refractivity contribution in [3.8, 4) is 5.75 Å². The molecule has 2 aromatic carbocycles. The number of carbonyl (C=O) groups excluding carboxylic acids is 1. The fourth-order valence-electron chi connectivity index (χ4n) is 2.97. The summed E-state index contributed by atoms with van der Waals surface area (Å²) in [5.74, 6) is -2.16. The number of benzene rings is 2. The molecule has 1 unspecified atom stereocenters. The van der Waals surface area contributed by atoms with Gasteiger partial charge in [0.05, 0.1) is 18.2 Å². The van der Waals surface area contributed by atoms with Crippen molar-refractivity contribution < 1.29 is 31.5 Å². The largest absolute Gasteiger partial charge is 0.493 e. The number of halogens is 5. The molecule has 4 nitrogen and oxygen atoms in total. The fraction of sp³-hybridized carbons (Fsp3) is 0.318. The van der Waals surface area contributed by atoms with Crippen LogP contribution in [0.1, 0.15) is 43.0 Å². The van der Waals surface area contributed by atoms with E-state index in [9.17, 15) is 26.7 Å². The lowest BCUT2D eigenvalue weighted by Crippen LogP contribution is -2.26. The van der Waals surface area contributed by atoms with Crippen molar-refractivity contribution >= 4 is 17.7 Å². The van der Waals surface area contributed by atoms with Crippen LogP contribution in [0.4, 0.5) is 27.6 Å². The van der Waals surface area contributed by atoms with E-state index in [1.807, 2.05) is 0 Å². The van der Waals surface area contributed by atoms with Crippen LogP contribution in [0.3, 0.4) is 0 Å². The van der Waals surface area contributed by atoms with E-state index in [4.69, 9.17) is 4.74 Å². The Morgan fingerprint density at radius 3 is 2.29 bits per heavy atom. The molecular formula is C22H23F5N2O2. The highest BCUT2D eigenvalue weighted by molar-refractivity contribution is 5.92. The molecule has 2 aromatic rings. The molecule has 0 saturated carbocycles. The number of alkyl halides is 3. The van der Waals surface area contributed by atoms with Crippen molar-refractivity contribution in [3.05, 3.63) is 64.7 Å². The van der Waals surface area contributed by atoms with Crippen LogP contribution in [-0.2, 0) is 11.0 Å². The van der Waals surface area contributed by atoms with Gasteiger partial charge in [-0.25, -0.2) is 8.78 Å². The molecule has 0 saturated heterocycles. The topological polar surface area (TPSA) is 50.4 Å². The molecule has 1 atom stereocenters. The molecule has 0 bridgehead atoms. The molecule has 0 aromatic heterocycles. The molecule has 0 aliphatic heterocycles. The SMILES string of the molecule is CCOc1cc(C(F)(F)F)ccc1/C=C/C(=O)NC(CC)c1cc(F)c(NC)c(F)c1. The molecule has 9 heteroatoms. The van der Waals surface area contributed by atoms with E-state index in [1.54, 1.807) is 13.8 Å². The Kier molecular flexibility index (Phi) is 8.01. The first-order chi connectivity index (χ1) is 14.6. The van der Waals surface area contributed by atoms with Crippen molar-refractivity contribution in [2.45, 2.75) is 32.5 Å². The van der Waals surface area contributed by atoms with Crippen LogP contribution in [0.25, 0.3) is 6.08 Å². The van der Waals surface area contributed by atoms with Crippen molar-refractivity contribution in [1.82, 2.24) is 5.32 Å². The van der Waals surface area contributed by atoms with E-state index < -0.39 is 35.3 Å². The Labute approximate surface area is 177 Å². The highest BCUT2D eigenvalue weighted by Gasteiger charge is 2.31. The lowest BCUT2D eigenvalue weighted by molar-refractivity contribution is -0.137. The molecule has 0 heterocycles. The molecule has 2 rings (SSSR count). The van der Waals surface area contributed by atoms with Gasteiger partial charge in [-0.3, -0.25) is 4.79 Å². The summed E-state index contributed by atoms with van der Waals surface area (Å²) in [6.07, 6.45) is -1.71. The first-order valence-electron chi connectivity index (χ1n) is 9.60. The van der Waals surface area contributed by atoms with Gasteiger partial charge in [-0.1, -0.05) is 13.0 Å². The van der Waals surface area contributed by atoms with Gasteiger partial charge in [0.1, 0.15) is 23.1 Å². The average molecular weight is 442 g/mol. The second-order valence-electron chi connectivity index (χ2n) is 6.60. The molecule has 168 valence electrons. The molecule has 0 radical (unpaired) electrons. The highest BCUT2D eigenvalue weighted by atomic mass is 19.4. The Hall–Kier alpha value is -3.10. The van der Waals surface area contributed by atoms with Crippen molar-refractivity contribution in [3.63, 3.8) is 0 Å². The monoisotopic (exact) mass is 442 g/mol. The van der Waals surface area contributed by atoms with Gasteiger partial charge in [-0.15, -0.1) is 0 Å². The lowest BCUT2D eigenvalue weighted by Gasteiger charge is -2.18. The zero-order valence-corrected chi connectivity index (χ0v) is 17.2. The average Bonchev–Trinajstić information content (AvgIpc) is 2.70. The minimum atomic E-state index is -4.52. The van der Waals surface area contributed by atoms with Crippen LogP contribution in [-0.4, -0.2) is 19.6 Å².